The molecule has 1 amide bonds. The van der Waals surface area contributed by atoms with Crippen molar-refractivity contribution in [2.75, 3.05) is 55.4 Å². The average molecular weight is 487 g/mol. The van der Waals surface area contributed by atoms with Gasteiger partial charge in [-0.25, -0.2) is 13.2 Å². The molecule has 2 saturated heterocycles. The number of carboxylic acid groups (broad SMARTS) is 1. The van der Waals surface area contributed by atoms with E-state index in [9.17, 15) is 23.1 Å². The molecule has 0 spiro atoms. The highest BCUT2D eigenvalue weighted by molar-refractivity contribution is 7.92. The molecule has 2 aliphatic rings. The summed E-state index contributed by atoms with van der Waals surface area (Å²) in [4.78, 5) is 30.5. The van der Waals surface area contributed by atoms with Crippen LogP contribution in [-0.2, 0) is 14.8 Å². The summed E-state index contributed by atoms with van der Waals surface area (Å²) in [6.07, 6.45) is 2.14. The minimum Gasteiger partial charge on any atom is -0.478 e. The lowest BCUT2D eigenvalue weighted by atomic mass is 10.1. The summed E-state index contributed by atoms with van der Waals surface area (Å²) < 4.78 is 27.9. The van der Waals surface area contributed by atoms with E-state index in [4.69, 9.17) is 0 Å². The number of piperazine rings is 1. The van der Waals surface area contributed by atoms with E-state index in [2.05, 4.69) is 14.5 Å². The van der Waals surface area contributed by atoms with Crippen molar-refractivity contribution in [3.8, 4) is 0 Å². The highest BCUT2D eigenvalue weighted by Crippen LogP contribution is 2.27. The van der Waals surface area contributed by atoms with Crippen LogP contribution >= 0.6 is 0 Å². The number of aryl methyl sites for hydroxylation is 1. The molecule has 0 atom stereocenters. The number of carbonyl (C=O) groups excluding carboxylic acids is 1. The van der Waals surface area contributed by atoms with Crippen LogP contribution in [0.25, 0.3) is 0 Å². The van der Waals surface area contributed by atoms with Crippen LogP contribution in [0, 0.1) is 6.92 Å². The molecule has 2 heterocycles. The van der Waals surface area contributed by atoms with Crippen molar-refractivity contribution in [2.45, 2.75) is 24.7 Å². The Kier molecular flexibility index (Phi) is 7.08. The van der Waals surface area contributed by atoms with Crippen LogP contribution in [0.5, 0.6) is 0 Å². The van der Waals surface area contributed by atoms with Crippen molar-refractivity contribution in [3.05, 3.63) is 53.6 Å². The average Bonchev–Trinajstić information content (AvgIpc) is 3.35. The Bertz CT molecular complexity index is 1150. The number of hydrogen-bond acceptors (Lipinski definition) is 6. The Balaban J connectivity index is 1.43. The number of rotatable bonds is 7. The van der Waals surface area contributed by atoms with Gasteiger partial charge in [0, 0.05) is 45.0 Å². The van der Waals surface area contributed by atoms with Crippen molar-refractivity contribution >= 4 is 33.3 Å². The molecule has 34 heavy (non-hydrogen) atoms. The molecular weight excluding hydrogens is 456 g/mol. The first-order chi connectivity index (χ1) is 16.2. The van der Waals surface area contributed by atoms with Gasteiger partial charge in [0.1, 0.15) is 0 Å². The minimum absolute atomic E-state index is 0.0201. The van der Waals surface area contributed by atoms with E-state index in [1.165, 1.54) is 24.3 Å². The van der Waals surface area contributed by atoms with Crippen LogP contribution in [0.4, 0.5) is 11.4 Å². The molecule has 0 aromatic heterocycles. The van der Waals surface area contributed by atoms with E-state index in [0.29, 0.717) is 38.4 Å². The maximum Gasteiger partial charge on any atom is 0.337 e. The quantitative estimate of drug-likeness (QED) is 0.618. The number of carbonyl (C=O) groups is 2. The summed E-state index contributed by atoms with van der Waals surface area (Å²) in [5, 5.41) is 9.73. The van der Waals surface area contributed by atoms with Gasteiger partial charge in [0.05, 0.1) is 22.7 Å². The molecule has 9 nitrogen and oxygen atoms in total. The fraction of sp³-hybridized carbons (Fsp3) is 0.417. The number of nitrogens with zero attached hydrogens (tertiary/aromatic N) is 3. The van der Waals surface area contributed by atoms with Gasteiger partial charge in [0.25, 0.3) is 10.0 Å². The third kappa shape index (κ3) is 5.51. The van der Waals surface area contributed by atoms with Gasteiger partial charge in [0.2, 0.25) is 5.91 Å². The molecule has 10 heteroatoms. The highest BCUT2D eigenvalue weighted by Gasteiger charge is 2.25. The predicted octanol–water partition coefficient (Wildman–Crippen LogP) is 2.24. The Hall–Kier alpha value is -3.11. The van der Waals surface area contributed by atoms with Crippen LogP contribution in [0.15, 0.2) is 47.4 Å². The maximum absolute atomic E-state index is 12.7. The van der Waals surface area contributed by atoms with E-state index in [0.717, 1.165) is 31.5 Å². The van der Waals surface area contributed by atoms with E-state index < -0.39 is 16.0 Å². The number of hydrogen-bond donors (Lipinski definition) is 2. The monoisotopic (exact) mass is 486 g/mol. The molecule has 2 aromatic carbocycles. The molecule has 182 valence electrons. The van der Waals surface area contributed by atoms with Gasteiger partial charge in [-0.3, -0.25) is 14.4 Å². The van der Waals surface area contributed by atoms with Crippen molar-refractivity contribution in [1.82, 2.24) is 9.80 Å². The topological polar surface area (TPSA) is 110 Å². The first-order valence-corrected chi connectivity index (χ1v) is 12.9. The van der Waals surface area contributed by atoms with Crippen molar-refractivity contribution in [3.63, 3.8) is 0 Å². The number of likely N-dealkylation sites (tertiary alicyclic amines) is 1. The van der Waals surface area contributed by atoms with Crippen LogP contribution < -0.4 is 9.62 Å². The number of nitrogens with one attached hydrogen (secondary N) is 1. The Morgan fingerprint density at radius 3 is 2.21 bits per heavy atom. The van der Waals surface area contributed by atoms with Crippen LogP contribution in [0.1, 0.15) is 28.8 Å². The standard InChI is InChI=1S/C24H30N4O5S/c1-18-4-7-20(8-5-18)34(32,33)25-22-9-6-19(16-21(22)24(30)31)27-14-12-26(13-15-27)17-23(29)28-10-2-3-11-28/h4-9,16,25H,2-3,10-15,17H2,1H3,(H,30,31). The van der Waals surface area contributed by atoms with E-state index in [1.807, 2.05) is 11.8 Å². The molecule has 0 bridgehead atoms. The SMILES string of the molecule is Cc1ccc(S(=O)(=O)Nc2ccc(N3CCN(CC(=O)N4CCCC4)CC3)cc2C(=O)O)cc1. The zero-order chi connectivity index (χ0) is 24.3. The second kappa shape index (κ2) is 10.0. The number of anilines is 2. The van der Waals surface area contributed by atoms with Crippen LogP contribution in [0.3, 0.4) is 0 Å². The third-order valence-corrected chi connectivity index (χ3v) is 7.75. The molecule has 2 N–H and O–H groups in total. The summed E-state index contributed by atoms with van der Waals surface area (Å²) in [6.45, 7) is 6.66. The zero-order valence-electron chi connectivity index (χ0n) is 19.2. The molecule has 2 fully saturated rings. The zero-order valence-corrected chi connectivity index (χ0v) is 20.1. The Morgan fingerprint density at radius 1 is 0.941 bits per heavy atom. The van der Waals surface area contributed by atoms with Gasteiger partial charge in [0.15, 0.2) is 0 Å². The van der Waals surface area contributed by atoms with Crippen molar-refractivity contribution < 1.29 is 23.1 Å². The van der Waals surface area contributed by atoms with Gasteiger partial charge in [-0.2, -0.15) is 0 Å². The molecule has 4 rings (SSSR count). The summed E-state index contributed by atoms with van der Waals surface area (Å²) >= 11 is 0. The summed E-state index contributed by atoms with van der Waals surface area (Å²) in [5.41, 5.74) is 1.54. The fourth-order valence-electron chi connectivity index (χ4n) is 4.34. The van der Waals surface area contributed by atoms with Gasteiger partial charge in [-0.05, 0) is 50.1 Å². The Morgan fingerprint density at radius 2 is 1.59 bits per heavy atom. The second-order valence-corrected chi connectivity index (χ2v) is 10.5. The van der Waals surface area contributed by atoms with Crippen molar-refractivity contribution in [1.29, 1.82) is 0 Å². The normalized spacial score (nSPS) is 17.1. The van der Waals surface area contributed by atoms with E-state index in [1.54, 1.807) is 18.2 Å². The van der Waals surface area contributed by atoms with Crippen molar-refractivity contribution in [2.24, 2.45) is 0 Å². The number of sulfonamides is 1. The second-order valence-electron chi connectivity index (χ2n) is 8.80. The van der Waals surface area contributed by atoms with E-state index >= 15 is 0 Å². The minimum atomic E-state index is -3.92. The molecule has 0 radical (unpaired) electrons. The molecule has 0 aliphatic carbocycles. The lowest BCUT2D eigenvalue weighted by molar-refractivity contribution is -0.131. The smallest absolute Gasteiger partial charge is 0.337 e. The lowest BCUT2D eigenvalue weighted by Crippen LogP contribution is -2.49. The molecule has 2 aliphatic heterocycles. The number of aromatic carboxylic acids is 1. The maximum atomic E-state index is 12.7. The molecule has 2 aromatic rings. The third-order valence-electron chi connectivity index (χ3n) is 6.36. The number of amides is 1. The molecular formula is C24H30N4O5S. The lowest BCUT2D eigenvalue weighted by Gasteiger charge is -2.36. The molecule has 0 unspecified atom stereocenters. The van der Waals surface area contributed by atoms with Gasteiger partial charge >= 0.3 is 5.97 Å². The largest absolute Gasteiger partial charge is 0.478 e. The number of carboxylic acids is 1. The summed E-state index contributed by atoms with van der Waals surface area (Å²) in [6, 6.07) is 11.1. The predicted molar refractivity (Wildman–Crippen MR) is 130 cm³/mol. The van der Waals surface area contributed by atoms with Crippen LogP contribution in [-0.4, -0.2) is 81.0 Å². The molecule has 0 saturated carbocycles. The fourth-order valence-corrected chi connectivity index (χ4v) is 5.42. The summed E-state index contributed by atoms with van der Waals surface area (Å²) in [5.74, 6) is -1.04. The first-order valence-electron chi connectivity index (χ1n) is 11.4. The van der Waals surface area contributed by atoms with Crippen LogP contribution in [0.2, 0.25) is 0 Å². The number of benzene rings is 2. The Labute approximate surface area is 200 Å². The highest BCUT2D eigenvalue weighted by atomic mass is 32.2. The van der Waals surface area contributed by atoms with Gasteiger partial charge in [-0.1, -0.05) is 17.7 Å². The first kappa shape index (κ1) is 24.0. The van der Waals surface area contributed by atoms with E-state index in [-0.39, 0.29) is 22.1 Å². The van der Waals surface area contributed by atoms with Gasteiger partial charge < -0.3 is 14.9 Å². The van der Waals surface area contributed by atoms with Gasteiger partial charge in [-0.15, -0.1) is 0 Å². The summed E-state index contributed by atoms with van der Waals surface area (Å²) in [7, 11) is -3.92.